The van der Waals surface area contributed by atoms with Gasteiger partial charge in [0.15, 0.2) is 0 Å². The Morgan fingerprint density at radius 2 is 1.94 bits per heavy atom. The summed E-state index contributed by atoms with van der Waals surface area (Å²) < 4.78 is 5.19. The number of carbonyl (C=O) groups excluding carboxylic acids is 1. The average molecular weight is 226 g/mol. The van der Waals surface area contributed by atoms with Gasteiger partial charge in [-0.15, -0.1) is 0 Å². The Hall–Kier alpha value is -0.790. The fourth-order valence-electron chi connectivity index (χ4n) is 1.27. The standard InChI is InChI=1S/C14H26O2/c1-5-13(4)16-14(15)11-9-7-6-8-10-12(2)3/h8,10,12-13H,5-7,9,11H2,1-4H3/b10-8+. The molecule has 0 bridgehead atoms. The van der Waals surface area contributed by atoms with Crippen molar-refractivity contribution < 1.29 is 9.53 Å². The lowest BCUT2D eigenvalue weighted by Gasteiger charge is -2.10. The molecular weight excluding hydrogens is 200 g/mol. The molecule has 0 saturated heterocycles. The molecule has 0 heterocycles. The fourth-order valence-corrected chi connectivity index (χ4v) is 1.27. The summed E-state index contributed by atoms with van der Waals surface area (Å²) in [5.41, 5.74) is 0. The summed E-state index contributed by atoms with van der Waals surface area (Å²) in [6.45, 7) is 8.29. The zero-order chi connectivity index (χ0) is 12.4. The second-order valence-electron chi connectivity index (χ2n) is 4.63. The first-order valence-corrected chi connectivity index (χ1v) is 6.42. The van der Waals surface area contributed by atoms with Crippen LogP contribution in [0.3, 0.4) is 0 Å². The van der Waals surface area contributed by atoms with E-state index in [2.05, 4.69) is 26.0 Å². The normalized spacial score (nSPS) is 13.3. The lowest BCUT2D eigenvalue weighted by atomic mass is 10.1. The molecule has 0 saturated carbocycles. The van der Waals surface area contributed by atoms with Gasteiger partial charge in [-0.25, -0.2) is 0 Å². The van der Waals surface area contributed by atoms with E-state index in [-0.39, 0.29) is 12.1 Å². The highest BCUT2D eigenvalue weighted by atomic mass is 16.5. The largest absolute Gasteiger partial charge is 0.463 e. The quantitative estimate of drug-likeness (QED) is 0.354. The van der Waals surface area contributed by atoms with E-state index >= 15 is 0 Å². The average Bonchev–Trinajstić information content (AvgIpc) is 2.22. The maximum atomic E-state index is 11.3. The number of unbranched alkanes of at least 4 members (excludes halogenated alkanes) is 2. The number of carbonyl (C=O) groups is 1. The van der Waals surface area contributed by atoms with Crippen LogP contribution in [0.4, 0.5) is 0 Å². The van der Waals surface area contributed by atoms with Crippen LogP contribution in [0.2, 0.25) is 0 Å². The van der Waals surface area contributed by atoms with Gasteiger partial charge in [-0.3, -0.25) is 4.79 Å². The van der Waals surface area contributed by atoms with Crippen molar-refractivity contribution in [2.45, 2.75) is 65.9 Å². The van der Waals surface area contributed by atoms with Gasteiger partial charge in [0.25, 0.3) is 0 Å². The third-order valence-electron chi connectivity index (χ3n) is 2.43. The van der Waals surface area contributed by atoms with Crippen molar-refractivity contribution in [1.29, 1.82) is 0 Å². The lowest BCUT2D eigenvalue weighted by molar-refractivity contribution is -0.148. The summed E-state index contributed by atoms with van der Waals surface area (Å²) in [6.07, 6.45) is 8.98. The van der Waals surface area contributed by atoms with Crippen LogP contribution >= 0.6 is 0 Å². The minimum Gasteiger partial charge on any atom is -0.463 e. The summed E-state index contributed by atoms with van der Waals surface area (Å²) in [5, 5.41) is 0. The van der Waals surface area contributed by atoms with Gasteiger partial charge in [-0.05, 0) is 38.5 Å². The Morgan fingerprint density at radius 3 is 2.50 bits per heavy atom. The van der Waals surface area contributed by atoms with Gasteiger partial charge in [-0.2, -0.15) is 0 Å². The van der Waals surface area contributed by atoms with Gasteiger partial charge in [0.2, 0.25) is 0 Å². The highest BCUT2D eigenvalue weighted by molar-refractivity contribution is 5.69. The molecule has 0 aliphatic carbocycles. The van der Waals surface area contributed by atoms with Gasteiger partial charge in [-0.1, -0.05) is 32.9 Å². The Morgan fingerprint density at radius 1 is 1.25 bits per heavy atom. The van der Waals surface area contributed by atoms with E-state index in [0.29, 0.717) is 12.3 Å². The van der Waals surface area contributed by atoms with Gasteiger partial charge in [0, 0.05) is 6.42 Å². The highest BCUT2D eigenvalue weighted by Gasteiger charge is 2.06. The number of hydrogen-bond donors (Lipinski definition) is 0. The first kappa shape index (κ1) is 15.2. The molecule has 0 amide bonds. The molecule has 0 rings (SSSR count). The van der Waals surface area contributed by atoms with Gasteiger partial charge < -0.3 is 4.74 Å². The Kier molecular flexibility index (Phi) is 8.97. The molecule has 0 fully saturated rings. The first-order chi connectivity index (χ1) is 7.56. The predicted octanol–water partition coefficient (Wildman–Crippen LogP) is 4.10. The molecule has 2 nitrogen and oxygen atoms in total. The van der Waals surface area contributed by atoms with Gasteiger partial charge in [0.05, 0.1) is 6.10 Å². The summed E-state index contributed by atoms with van der Waals surface area (Å²) >= 11 is 0. The maximum absolute atomic E-state index is 11.3. The van der Waals surface area contributed by atoms with Crippen LogP contribution in [0.25, 0.3) is 0 Å². The molecule has 0 aliphatic rings. The summed E-state index contributed by atoms with van der Waals surface area (Å²) in [6, 6.07) is 0. The van der Waals surface area contributed by atoms with E-state index in [4.69, 9.17) is 4.74 Å². The van der Waals surface area contributed by atoms with Crippen LogP contribution in [0.5, 0.6) is 0 Å². The Labute approximate surface area is 100 Å². The maximum Gasteiger partial charge on any atom is 0.306 e. The van der Waals surface area contributed by atoms with Crippen molar-refractivity contribution in [2.75, 3.05) is 0 Å². The molecule has 0 aliphatic heterocycles. The third-order valence-corrected chi connectivity index (χ3v) is 2.43. The van der Waals surface area contributed by atoms with Crippen LogP contribution in [0, 0.1) is 5.92 Å². The highest BCUT2D eigenvalue weighted by Crippen LogP contribution is 2.06. The van der Waals surface area contributed by atoms with Crippen LogP contribution in [-0.2, 0) is 9.53 Å². The topological polar surface area (TPSA) is 26.3 Å². The monoisotopic (exact) mass is 226 g/mol. The molecule has 0 aromatic carbocycles. The van der Waals surface area contributed by atoms with E-state index in [1.54, 1.807) is 0 Å². The zero-order valence-corrected chi connectivity index (χ0v) is 11.2. The summed E-state index contributed by atoms with van der Waals surface area (Å²) in [5.74, 6) is 0.567. The molecule has 0 spiro atoms. The third kappa shape index (κ3) is 9.75. The van der Waals surface area contributed by atoms with Crippen molar-refractivity contribution in [3.05, 3.63) is 12.2 Å². The molecule has 0 N–H and O–H groups in total. The van der Waals surface area contributed by atoms with Crippen molar-refractivity contribution in [3.63, 3.8) is 0 Å². The zero-order valence-electron chi connectivity index (χ0n) is 11.2. The molecule has 0 aromatic rings. The molecule has 2 heteroatoms. The minimum atomic E-state index is -0.0535. The summed E-state index contributed by atoms with van der Waals surface area (Å²) in [4.78, 5) is 11.3. The van der Waals surface area contributed by atoms with Crippen LogP contribution < -0.4 is 0 Å². The van der Waals surface area contributed by atoms with E-state index < -0.39 is 0 Å². The van der Waals surface area contributed by atoms with Gasteiger partial charge >= 0.3 is 5.97 Å². The van der Waals surface area contributed by atoms with E-state index in [0.717, 1.165) is 25.7 Å². The number of esters is 1. The molecular formula is C14H26O2. The Bertz CT molecular complexity index is 207. The molecule has 0 aromatic heterocycles. The Balaban J connectivity index is 3.41. The SMILES string of the molecule is CCC(C)OC(=O)CCCC/C=C/C(C)C. The number of hydrogen-bond acceptors (Lipinski definition) is 2. The number of allylic oxidation sites excluding steroid dienone is 2. The van der Waals surface area contributed by atoms with E-state index in [1.165, 1.54) is 0 Å². The van der Waals surface area contributed by atoms with Crippen molar-refractivity contribution in [3.8, 4) is 0 Å². The molecule has 0 radical (unpaired) electrons. The minimum absolute atomic E-state index is 0.0535. The molecule has 94 valence electrons. The van der Waals surface area contributed by atoms with E-state index in [9.17, 15) is 4.79 Å². The second-order valence-corrected chi connectivity index (χ2v) is 4.63. The van der Waals surface area contributed by atoms with Crippen LogP contribution in [0.1, 0.15) is 59.8 Å². The molecule has 1 atom stereocenters. The lowest BCUT2D eigenvalue weighted by Crippen LogP contribution is -2.13. The molecule has 16 heavy (non-hydrogen) atoms. The van der Waals surface area contributed by atoms with Crippen LogP contribution in [0.15, 0.2) is 12.2 Å². The van der Waals surface area contributed by atoms with Crippen molar-refractivity contribution >= 4 is 5.97 Å². The first-order valence-electron chi connectivity index (χ1n) is 6.42. The fraction of sp³-hybridized carbons (Fsp3) is 0.786. The van der Waals surface area contributed by atoms with Crippen molar-refractivity contribution in [1.82, 2.24) is 0 Å². The predicted molar refractivity (Wildman–Crippen MR) is 68.3 cm³/mol. The second kappa shape index (κ2) is 9.44. The summed E-state index contributed by atoms with van der Waals surface area (Å²) in [7, 11) is 0. The molecule has 1 unspecified atom stereocenters. The smallest absolute Gasteiger partial charge is 0.306 e. The van der Waals surface area contributed by atoms with E-state index in [1.807, 2.05) is 13.8 Å². The van der Waals surface area contributed by atoms with Crippen molar-refractivity contribution in [2.24, 2.45) is 5.92 Å². The van der Waals surface area contributed by atoms with Crippen LogP contribution in [-0.4, -0.2) is 12.1 Å². The number of rotatable bonds is 8. The number of ether oxygens (including phenoxy) is 1. The van der Waals surface area contributed by atoms with Gasteiger partial charge in [0.1, 0.15) is 0 Å².